The van der Waals surface area contributed by atoms with E-state index in [4.69, 9.17) is 15.2 Å². The van der Waals surface area contributed by atoms with Crippen LogP contribution in [0.3, 0.4) is 0 Å². The molecule has 3 rings (SSSR count). The first kappa shape index (κ1) is 12.4. The average Bonchev–Trinajstić information content (AvgIpc) is 3.02. The van der Waals surface area contributed by atoms with Gasteiger partial charge in [0.05, 0.1) is 21.9 Å². The van der Waals surface area contributed by atoms with Crippen LogP contribution < -0.4 is 5.73 Å². The first-order chi connectivity index (χ1) is 9.22. The molecule has 0 spiro atoms. The second kappa shape index (κ2) is 5.14. The number of anilines is 1. The Balaban J connectivity index is 1.69. The van der Waals surface area contributed by atoms with Crippen LogP contribution in [0.15, 0.2) is 18.2 Å². The van der Waals surface area contributed by atoms with Gasteiger partial charge in [0.2, 0.25) is 0 Å². The van der Waals surface area contributed by atoms with Crippen molar-refractivity contribution in [3.63, 3.8) is 0 Å². The monoisotopic (exact) mass is 278 g/mol. The van der Waals surface area contributed by atoms with Gasteiger partial charge in [0.1, 0.15) is 6.61 Å². The summed E-state index contributed by atoms with van der Waals surface area (Å²) in [6.07, 6.45) is 2.04. The normalized spacial score (nSPS) is 18.8. The molecule has 1 saturated heterocycles. The summed E-state index contributed by atoms with van der Waals surface area (Å²) in [6.45, 7) is 1.08. The molecule has 6 heteroatoms. The third kappa shape index (κ3) is 2.69. The van der Waals surface area contributed by atoms with E-state index in [-0.39, 0.29) is 12.1 Å². The number of nitrogen functional groups attached to an aromatic ring is 1. The van der Waals surface area contributed by atoms with Crippen molar-refractivity contribution >= 4 is 32.7 Å². The molecule has 1 aliphatic rings. The molecule has 2 aromatic rings. The van der Waals surface area contributed by atoms with Crippen LogP contribution in [0.4, 0.5) is 5.13 Å². The second-order valence-electron chi connectivity index (χ2n) is 4.47. The number of benzene rings is 1. The van der Waals surface area contributed by atoms with Crippen molar-refractivity contribution in [2.24, 2.45) is 0 Å². The number of fused-ring (bicyclic) bond motifs is 1. The number of carbonyl (C=O) groups excluding carboxylic acids is 1. The number of thiazole rings is 1. The molecule has 1 unspecified atom stereocenters. The number of nitrogens with two attached hydrogens (primary N) is 1. The molecule has 2 N–H and O–H groups in total. The number of nitrogens with zero attached hydrogens (tertiary/aromatic N) is 1. The molecular weight excluding hydrogens is 264 g/mol. The molecule has 100 valence electrons. The van der Waals surface area contributed by atoms with Crippen LogP contribution in [0, 0.1) is 0 Å². The topological polar surface area (TPSA) is 74.4 Å². The molecule has 0 bridgehead atoms. The van der Waals surface area contributed by atoms with E-state index >= 15 is 0 Å². The van der Waals surface area contributed by atoms with E-state index in [1.54, 1.807) is 18.2 Å². The lowest BCUT2D eigenvalue weighted by Gasteiger charge is -2.10. The van der Waals surface area contributed by atoms with Gasteiger partial charge in [0.15, 0.2) is 5.13 Å². The summed E-state index contributed by atoms with van der Waals surface area (Å²) >= 11 is 1.36. The zero-order valence-corrected chi connectivity index (χ0v) is 11.1. The van der Waals surface area contributed by atoms with Crippen LogP contribution in [0.2, 0.25) is 0 Å². The third-order valence-electron chi connectivity index (χ3n) is 3.06. The van der Waals surface area contributed by atoms with Gasteiger partial charge < -0.3 is 15.2 Å². The number of hydrogen-bond acceptors (Lipinski definition) is 6. The van der Waals surface area contributed by atoms with Crippen molar-refractivity contribution in [2.75, 3.05) is 18.9 Å². The van der Waals surface area contributed by atoms with Crippen LogP contribution in [0.5, 0.6) is 0 Å². The van der Waals surface area contributed by atoms with Gasteiger partial charge in [0.25, 0.3) is 0 Å². The SMILES string of the molecule is Nc1nc2ccc(C(=O)OCC3CCCO3)cc2s1. The average molecular weight is 278 g/mol. The Morgan fingerprint density at radius 3 is 3.26 bits per heavy atom. The zero-order chi connectivity index (χ0) is 13.2. The zero-order valence-electron chi connectivity index (χ0n) is 10.3. The fraction of sp³-hybridized carbons (Fsp3) is 0.385. The molecule has 1 aromatic carbocycles. The van der Waals surface area contributed by atoms with Crippen LogP contribution in [0.25, 0.3) is 10.2 Å². The molecule has 1 aromatic heterocycles. The summed E-state index contributed by atoms with van der Waals surface area (Å²) in [7, 11) is 0. The Labute approximate surface area is 114 Å². The molecule has 5 nitrogen and oxygen atoms in total. The molecule has 2 heterocycles. The highest BCUT2D eigenvalue weighted by Gasteiger charge is 2.18. The number of carbonyl (C=O) groups is 1. The van der Waals surface area contributed by atoms with Gasteiger partial charge in [-0.05, 0) is 31.0 Å². The fourth-order valence-corrected chi connectivity index (χ4v) is 2.87. The Morgan fingerprint density at radius 2 is 2.47 bits per heavy atom. The Hall–Kier alpha value is -1.66. The Morgan fingerprint density at radius 1 is 1.58 bits per heavy atom. The van der Waals surface area contributed by atoms with E-state index in [0.717, 1.165) is 29.7 Å². The lowest BCUT2D eigenvalue weighted by atomic mass is 10.2. The minimum atomic E-state index is -0.329. The fourth-order valence-electron chi connectivity index (χ4n) is 2.10. The molecular formula is C13H14N2O3S. The number of rotatable bonds is 3. The lowest BCUT2D eigenvalue weighted by molar-refractivity contribution is 0.0161. The van der Waals surface area contributed by atoms with Crippen molar-refractivity contribution in [3.05, 3.63) is 23.8 Å². The Bertz CT molecular complexity index is 605. The van der Waals surface area contributed by atoms with Crippen molar-refractivity contribution in [1.29, 1.82) is 0 Å². The van der Waals surface area contributed by atoms with Crippen LogP contribution >= 0.6 is 11.3 Å². The first-order valence-corrected chi connectivity index (χ1v) is 6.99. The molecule has 19 heavy (non-hydrogen) atoms. The van der Waals surface area contributed by atoms with Crippen LogP contribution in [-0.2, 0) is 9.47 Å². The first-order valence-electron chi connectivity index (χ1n) is 6.17. The predicted molar refractivity (Wildman–Crippen MR) is 73.3 cm³/mol. The van der Waals surface area contributed by atoms with E-state index in [2.05, 4.69) is 4.98 Å². The van der Waals surface area contributed by atoms with Crippen molar-refractivity contribution in [3.8, 4) is 0 Å². The third-order valence-corrected chi connectivity index (χ3v) is 3.91. The summed E-state index contributed by atoms with van der Waals surface area (Å²) in [5, 5.41) is 0.500. The van der Waals surface area contributed by atoms with Gasteiger partial charge in [-0.15, -0.1) is 0 Å². The largest absolute Gasteiger partial charge is 0.459 e. The number of hydrogen-bond donors (Lipinski definition) is 1. The Kier molecular flexibility index (Phi) is 3.35. The van der Waals surface area contributed by atoms with Gasteiger partial charge in [-0.25, -0.2) is 9.78 Å². The van der Waals surface area contributed by atoms with Crippen molar-refractivity contribution in [1.82, 2.24) is 4.98 Å². The van der Waals surface area contributed by atoms with E-state index < -0.39 is 0 Å². The highest BCUT2D eigenvalue weighted by Crippen LogP contribution is 2.25. The molecule has 0 aliphatic carbocycles. The number of aromatic nitrogens is 1. The van der Waals surface area contributed by atoms with Gasteiger partial charge in [0, 0.05) is 6.61 Å². The summed E-state index contributed by atoms with van der Waals surface area (Å²) < 4.78 is 11.6. The molecule has 1 atom stereocenters. The second-order valence-corrected chi connectivity index (χ2v) is 5.53. The minimum Gasteiger partial charge on any atom is -0.459 e. The molecule has 0 saturated carbocycles. The maximum Gasteiger partial charge on any atom is 0.338 e. The maximum atomic E-state index is 11.9. The summed E-state index contributed by atoms with van der Waals surface area (Å²) in [6, 6.07) is 5.26. The van der Waals surface area contributed by atoms with Gasteiger partial charge in [-0.3, -0.25) is 0 Å². The minimum absolute atomic E-state index is 0.0479. The molecule has 0 radical (unpaired) electrons. The van der Waals surface area contributed by atoms with E-state index in [0.29, 0.717) is 17.3 Å². The summed E-state index contributed by atoms with van der Waals surface area (Å²) in [5.74, 6) is -0.329. The highest BCUT2D eigenvalue weighted by molar-refractivity contribution is 7.22. The van der Waals surface area contributed by atoms with Crippen LogP contribution in [-0.4, -0.2) is 30.3 Å². The maximum absolute atomic E-state index is 11.9. The summed E-state index contributed by atoms with van der Waals surface area (Å²) in [4.78, 5) is 16.1. The van der Waals surface area contributed by atoms with Gasteiger partial charge in [-0.2, -0.15) is 0 Å². The molecule has 1 fully saturated rings. The van der Waals surface area contributed by atoms with Crippen molar-refractivity contribution < 1.29 is 14.3 Å². The van der Waals surface area contributed by atoms with Gasteiger partial charge >= 0.3 is 5.97 Å². The van der Waals surface area contributed by atoms with E-state index in [1.807, 2.05) is 0 Å². The molecule has 1 aliphatic heterocycles. The van der Waals surface area contributed by atoms with Crippen molar-refractivity contribution in [2.45, 2.75) is 18.9 Å². The quantitative estimate of drug-likeness (QED) is 0.871. The predicted octanol–water partition coefficient (Wildman–Crippen LogP) is 2.21. The van der Waals surface area contributed by atoms with E-state index in [1.165, 1.54) is 11.3 Å². The number of ether oxygens (including phenoxy) is 2. The standard InChI is InChI=1S/C13H14N2O3S/c14-13-15-10-4-3-8(6-11(10)19-13)12(16)18-7-9-2-1-5-17-9/h3-4,6,9H,1-2,5,7H2,(H2,14,15). The van der Waals surface area contributed by atoms with Crippen LogP contribution in [0.1, 0.15) is 23.2 Å². The highest BCUT2D eigenvalue weighted by atomic mass is 32.1. The molecule has 0 amide bonds. The van der Waals surface area contributed by atoms with Gasteiger partial charge in [-0.1, -0.05) is 11.3 Å². The summed E-state index contributed by atoms with van der Waals surface area (Å²) in [5.41, 5.74) is 6.96. The number of esters is 1. The smallest absolute Gasteiger partial charge is 0.338 e. The lowest BCUT2D eigenvalue weighted by Crippen LogP contribution is -2.17. The van der Waals surface area contributed by atoms with E-state index in [9.17, 15) is 4.79 Å².